The van der Waals surface area contributed by atoms with E-state index in [0.29, 0.717) is 5.92 Å². The molecule has 3 rings (SSSR count). The van der Waals surface area contributed by atoms with Crippen molar-refractivity contribution in [1.82, 2.24) is 10.2 Å². The molecule has 1 N–H and O–H groups in total. The van der Waals surface area contributed by atoms with Crippen molar-refractivity contribution in [3.63, 3.8) is 0 Å². The van der Waals surface area contributed by atoms with Gasteiger partial charge in [-0.15, -0.1) is 0 Å². The van der Waals surface area contributed by atoms with Crippen LogP contribution >= 0.6 is 0 Å². The minimum absolute atomic E-state index is 0.130. The van der Waals surface area contributed by atoms with Crippen LogP contribution in [-0.2, 0) is 9.59 Å². The third-order valence-electron chi connectivity index (χ3n) is 5.76. The minimum atomic E-state index is -0.544. The monoisotopic (exact) mass is 292 g/mol. The number of amides is 2. The van der Waals surface area contributed by atoms with E-state index in [4.69, 9.17) is 0 Å². The zero-order valence-electron chi connectivity index (χ0n) is 13.4. The number of hydrogen-bond acceptors (Lipinski definition) is 2. The van der Waals surface area contributed by atoms with Gasteiger partial charge in [-0.3, -0.25) is 9.59 Å². The molecule has 0 bridgehead atoms. The van der Waals surface area contributed by atoms with Crippen LogP contribution in [0.4, 0.5) is 0 Å². The fraction of sp³-hybridized carbons (Fsp3) is 0.882. The van der Waals surface area contributed by atoms with Gasteiger partial charge in [0.05, 0.1) is 0 Å². The molecule has 2 amide bonds. The van der Waals surface area contributed by atoms with E-state index in [-0.39, 0.29) is 23.9 Å². The van der Waals surface area contributed by atoms with Crippen LogP contribution in [0.3, 0.4) is 0 Å². The lowest BCUT2D eigenvalue weighted by molar-refractivity contribution is -0.165. The Bertz CT molecular complexity index is 421. The predicted molar refractivity (Wildman–Crippen MR) is 81.7 cm³/mol. The van der Waals surface area contributed by atoms with Gasteiger partial charge in [0.1, 0.15) is 11.6 Å². The number of nitrogens with zero attached hydrogens (tertiary/aromatic N) is 1. The van der Waals surface area contributed by atoms with Gasteiger partial charge in [0.2, 0.25) is 11.8 Å². The maximum Gasteiger partial charge on any atom is 0.246 e. The molecule has 1 atom stereocenters. The zero-order chi connectivity index (χ0) is 15.0. The Labute approximate surface area is 127 Å². The molecule has 2 aliphatic carbocycles. The highest BCUT2D eigenvalue weighted by molar-refractivity contribution is 6.00. The Kier molecular flexibility index (Phi) is 3.98. The molecule has 118 valence electrons. The van der Waals surface area contributed by atoms with Crippen molar-refractivity contribution >= 4 is 11.8 Å². The Morgan fingerprint density at radius 3 is 2.29 bits per heavy atom. The van der Waals surface area contributed by atoms with Gasteiger partial charge < -0.3 is 10.2 Å². The summed E-state index contributed by atoms with van der Waals surface area (Å²) < 4.78 is 0. The average molecular weight is 292 g/mol. The molecule has 4 heteroatoms. The van der Waals surface area contributed by atoms with Gasteiger partial charge in [0, 0.05) is 6.04 Å². The fourth-order valence-corrected chi connectivity index (χ4v) is 4.34. The van der Waals surface area contributed by atoms with Crippen LogP contribution in [0.5, 0.6) is 0 Å². The maximum atomic E-state index is 13.1. The molecule has 2 saturated carbocycles. The topological polar surface area (TPSA) is 49.4 Å². The summed E-state index contributed by atoms with van der Waals surface area (Å²) in [6, 6.07) is -0.0337. The second-order valence-electron chi connectivity index (χ2n) is 7.06. The lowest BCUT2D eigenvalue weighted by atomic mass is 9.76. The number of carbonyl (C=O) groups excluding carboxylic acids is 2. The van der Waals surface area contributed by atoms with Crippen LogP contribution in [0.1, 0.15) is 71.6 Å². The Balaban J connectivity index is 1.95. The molecular weight excluding hydrogens is 264 g/mol. The first-order chi connectivity index (χ1) is 10.1. The van der Waals surface area contributed by atoms with Crippen molar-refractivity contribution in [2.45, 2.75) is 89.3 Å². The van der Waals surface area contributed by atoms with Crippen molar-refractivity contribution in [3.8, 4) is 0 Å². The largest absolute Gasteiger partial charge is 0.342 e. The van der Waals surface area contributed by atoms with E-state index < -0.39 is 5.54 Å². The summed E-state index contributed by atoms with van der Waals surface area (Å²) >= 11 is 0. The van der Waals surface area contributed by atoms with Gasteiger partial charge in [-0.05, 0) is 44.4 Å². The first-order valence-corrected chi connectivity index (χ1v) is 8.78. The molecule has 0 aromatic rings. The van der Waals surface area contributed by atoms with Crippen LogP contribution in [0.25, 0.3) is 0 Å². The van der Waals surface area contributed by atoms with E-state index in [9.17, 15) is 9.59 Å². The molecule has 0 radical (unpaired) electrons. The molecule has 1 saturated heterocycles. The summed E-state index contributed by atoms with van der Waals surface area (Å²) in [5.41, 5.74) is -0.544. The summed E-state index contributed by atoms with van der Waals surface area (Å²) in [5, 5.41) is 3.09. The SMILES string of the molecule is CCC(CC)N1C(=O)C(C2CC2)NC(=O)C12CCCCC2. The van der Waals surface area contributed by atoms with E-state index in [1.807, 2.05) is 4.90 Å². The predicted octanol–water partition coefficient (Wildman–Crippen LogP) is 2.61. The van der Waals surface area contributed by atoms with E-state index in [1.165, 1.54) is 6.42 Å². The summed E-state index contributed by atoms with van der Waals surface area (Å²) in [5.74, 6) is 0.720. The number of piperazine rings is 1. The normalized spacial score (nSPS) is 29.1. The van der Waals surface area contributed by atoms with Gasteiger partial charge >= 0.3 is 0 Å². The van der Waals surface area contributed by atoms with Gasteiger partial charge in [0.15, 0.2) is 0 Å². The number of nitrogens with one attached hydrogen (secondary N) is 1. The average Bonchev–Trinajstić information content (AvgIpc) is 3.33. The van der Waals surface area contributed by atoms with Crippen LogP contribution in [0.15, 0.2) is 0 Å². The molecule has 21 heavy (non-hydrogen) atoms. The van der Waals surface area contributed by atoms with Crippen molar-refractivity contribution in [3.05, 3.63) is 0 Å². The van der Waals surface area contributed by atoms with Gasteiger partial charge in [0.25, 0.3) is 0 Å². The zero-order valence-corrected chi connectivity index (χ0v) is 13.4. The van der Waals surface area contributed by atoms with E-state index in [2.05, 4.69) is 19.2 Å². The number of carbonyl (C=O) groups is 2. The molecular formula is C17H28N2O2. The molecule has 0 aromatic carbocycles. The molecule has 1 spiro atoms. The molecule has 1 aliphatic heterocycles. The van der Waals surface area contributed by atoms with Gasteiger partial charge in [-0.25, -0.2) is 0 Å². The lowest BCUT2D eigenvalue weighted by Gasteiger charge is -2.53. The molecule has 3 aliphatic rings. The van der Waals surface area contributed by atoms with Crippen molar-refractivity contribution < 1.29 is 9.59 Å². The maximum absolute atomic E-state index is 13.1. The third-order valence-corrected chi connectivity index (χ3v) is 5.76. The molecule has 1 heterocycles. The highest BCUT2D eigenvalue weighted by Crippen LogP contribution is 2.43. The minimum Gasteiger partial charge on any atom is -0.342 e. The number of hydrogen-bond donors (Lipinski definition) is 1. The Morgan fingerprint density at radius 1 is 1.14 bits per heavy atom. The molecule has 4 nitrogen and oxygen atoms in total. The van der Waals surface area contributed by atoms with Gasteiger partial charge in [-0.1, -0.05) is 33.1 Å². The summed E-state index contributed by atoms with van der Waals surface area (Å²) in [6.45, 7) is 4.27. The van der Waals surface area contributed by atoms with Gasteiger partial charge in [-0.2, -0.15) is 0 Å². The van der Waals surface area contributed by atoms with Crippen LogP contribution in [0.2, 0.25) is 0 Å². The highest BCUT2D eigenvalue weighted by atomic mass is 16.2. The van der Waals surface area contributed by atoms with E-state index in [1.54, 1.807) is 0 Å². The Hall–Kier alpha value is -1.06. The van der Waals surface area contributed by atoms with Crippen LogP contribution in [-0.4, -0.2) is 34.3 Å². The molecule has 1 unspecified atom stereocenters. The standard InChI is InChI=1S/C17H28N2O2/c1-3-13(4-2)19-15(20)14(12-8-9-12)18-16(21)17(19)10-6-5-7-11-17/h12-14H,3-11H2,1-2H3,(H,18,21). The van der Waals surface area contributed by atoms with Crippen molar-refractivity contribution in [2.24, 2.45) is 5.92 Å². The van der Waals surface area contributed by atoms with E-state index in [0.717, 1.165) is 51.4 Å². The highest BCUT2D eigenvalue weighted by Gasteiger charge is 2.56. The quantitative estimate of drug-likeness (QED) is 0.866. The third kappa shape index (κ3) is 2.36. The van der Waals surface area contributed by atoms with Crippen LogP contribution in [0, 0.1) is 5.92 Å². The van der Waals surface area contributed by atoms with Crippen molar-refractivity contribution in [1.29, 1.82) is 0 Å². The molecule has 3 fully saturated rings. The fourth-order valence-electron chi connectivity index (χ4n) is 4.34. The smallest absolute Gasteiger partial charge is 0.246 e. The molecule has 0 aromatic heterocycles. The second kappa shape index (κ2) is 5.62. The van der Waals surface area contributed by atoms with E-state index >= 15 is 0 Å². The summed E-state index contributed by atoms with van der Waals surface area (Å²) in [4.78, 5) is 28.0. The number of rotatable bonds is 4. The summed E-state index contributed by atoms with van der Waals surface area (Å²) in [6.07, 6.45) is 9.05. The summed E-state index contributed by atoms with van der Waals surface area (Å²) in [7, 11) is 0. The van der Waals surface area contributed by atoms with Crippen LogP contribution < -0.4 is 5.32 Å². The first-order valence-electron chi connectivity index (χ1n) is 8.78. The lowest BCUT2D eigenvalue weighted by Crippen LogP contribution is -2.73. The van der Waals surface area contributed by atoms with Crippen molar-refractivity contribution in [2.75, 3.05) is 0 Å². The second-order valence-corrected chi connectivity index (χ2v) is 7.06. The first kappa shape index (κ1) is 14.9. The Morgan fingerprint density at radius 2 is 1.76 bits per heavy atom.